The zero-order valence-corrected chi connectivity index (χ0v) is 34.3. The Morgan fingerprint density at radius 1 is 0.597 bits per heavy atom. The van der Waals surface area contributed by atoms with Crippen molar-refractivity contribution in [3.05, 3.63) is 245 Å². The van der Waals surface area contributed by atoms with E-state index >= 15 is 0 Å². The van der Waals surface area contributed by atoms with E-state index in [1.165, 1.54) is 11.1 Å². The van der Waals surface area contributed by atoms with Gasteiger partial charge < -0.3 is 14.6 Å². The molecule has 3 atom stereocenters. The second-order valence-electron chi connectivity index (χ2n) is 16.0. The first-order valence-electron chi connectivity index (χ1n) is 21.3. The minimum Gasteiger partial charge on any atom is -0.456 e. The standard InChI is InChI=1S/C56H43N5O/c1-61-55(39-22-10-4-11-23-39)59-54(60-56(61)40-24-12-5-13-25-40)44-29-17-27-42(35-44)51-45(32-33-50-52(51)46-30-14-15-31-49(46)62-50)41-26-16-28-43(34-41)53-57-47(37-18-6-2-7-19-37)36-48(58-53)38-20-8-3-9-21-38/h2-26,28-36,42,47,55H,27H2,1H3,(H,57,58). The lowest BCUT2D eigenvalue weighted by Crippen LogP contribution is -2.35. The summed E-state index contributed by atoms with van der Waals surface area (Å²) in [6, 6.07) is 63.4. The fraction of sp³-hybridized carbons (Fsp3) is 0.0893. The Bertz CT molecular complexity index is 3140. The highest BCUT2D eigenvalue weighted by Crippen LogP contribution is 2.44. The number of nitrogens with one attached hydrogen (secondary N) is 1. The fourth-order valence-corrected chi connectivity index (χ4v) is 9.08. The predicted molar refractivity (Wildman–Crippen MR) is 254 cm³/mol. The topological polar surface area (TPSA) is 65.5 Å². The van der Waals surface area contributed by atoms with Crippen molar-refractivity contribution in [2.45, 2.75) is 24.5 Å². The van der Waals surface area contributed by atoms with Crippen LogP contribution in [0, 0.1) is 0 Å². The van der Waals surface area contributed by atoms with Gasteiger partial charge in [-0.25, -0.2) is 15.0 Å². The van der Waals surface area contributed by atoms with Gasteiger partial charge in [-0.2, -0.15) is 0 Å². The monoisotopic (exact) mass is 801 g/mol. The summed E-state index contributed by atoms with van der Waals surface area (Å²) in [7, 11) is 2.08. The maximum Gasteiger partial charge on any atom is 0.159 e. The minimum absolute atomic E-state index is 0.00601. The molecule has 11 rings (SSSR count). The van der Waals surface area contributed by atoms with Gasteiger partial charge in [0.1, 0.15) is 29.0 Å². The van der Waals surface area contributed by atoms with Crippen LogP contribution in [0.25, 0.3) is 38.8 Å². The third-order valence-corrected chi connectivity index (χ3v) is 12.1. The summed E-state index contributed by atoms with van der Waals surface area (Å²) in [5.74, 6) is 2.45. The summed E-state index contributed by atoms with van der Waals surface area (Å²) in [6.45, 7) is 0. The first-order valence-corrected chi connectivity index (χ1v) is 21.3. The number of amidine groups is 3. The van der Waals surface area contributed by atoms with Crippen LogP contribution in [-0.4, -0.2) is 29.5 Å². The van der Waals surface area contributed by atoms with Crippen molar-refractivity contribution in [3.8, 4) is 11.1 Å². The van der Waals surface area contributed by atoms with Gasteiger partial charge in [0.25, 0.3) is 0 Å². The zero-order chi connectivity index (χ0) is 41.4. The zero-order valence-electron chi connectivity index (χ0n) is 34.3. The molecule has 6 heteroatoms. The first kappa shape index (κ1) is 37.2. The summed E-state index contributed by atoms with van der Waals surface area (Å²) in [6.07, 6.45) is 9.64. The molecular formula is C56H43N5O. The van der Waals surface area contributed by atoms with E-state index in [0.717, 1.165) is 90.5 Å². The number of furan rings is 1. The van der Waals surface area contributed by atoms with Crippen molar-refractivity contribution >= 4 is 45.1 Å². The lowest BCUT2D eigenvalue weighted by atomic mass is 9.82. The first-order chi connectivity index (χ1) is 30.6. The van der Waals surface area contributed by atoms with Crippen LogP contribution >= 0.6 is 0 Å². The van der Waals surface area contributed by atoms with Crippen LogP contribution in [0.15, 0.2) is 231 Å². The van der Waals surface area contributed by atoms with Crippen molar-refractivity contribution in [2.24, 2.45) is 15.0 Å². The highest BCUT2D eigenvalue weighted by Gasteiger charge is 2.29. The van der Waals surface area contributed by atoms with Crippen LogP contribution in [0.2, 0.25) is 0 Å². The summed E-state index contributed by atoms with van der Waals surface area (Å²) in [5, 5.41) is 6.01. The number of allylic oxidation sites excluding steroid dienone is 2. The molecule has 1 N–H and O–H groups in total. The average molecular weight is 802 g/mol. The number of nitrogens with zero attached hydrogens (tertiary/aromatic N) is 4. The molecule has 298 valence electrons. The molecule has 3 unspecified atom stereocenters. The number of hydrogen-bond donors (Lipinski definition) is 1. The van der Waals surface area contributed by atoms with E-state index in [1.54, 1.807) is 0 Å². The fourth-order valence-electron chi connectivity index (χ4n) is 9.08. The van der Waals surface area contributed by atoms with Gasteiger partial charge in [-0.1, -0.05) is 182 Å². The molecule has 0 radical (unpaired) electrons. The summed E-state index contributed by atoms with van der Waals surface area (Å²) in [4.78, 5) is 18.1. The van der Waals surface area contributed by atoms with Gasteiger partial charge in [0.15, 0.2) is 5.84 Å². The third kappa shape index (κ3) is 6.95. The Morgan fingerprint density at radius 2 is 1.26 bits per heavy atom. The molecule has 0 amide bonds. The van der Waals surface area contributed by atoms with Gasteiger partial charge in [0.2, 0.25) is 0 Å². The molecule has 0 fully saturated rings. The molecule has 3 aliphatic rings. The van der Waals surface area contributed by atoms with E-state index < -0.39 is 0 Å². The number of para-hydroxylation sites is 1. The molecule has 3 heterocycles. The predicted octanol–water partition coefficient (Wildman–Crippen LogP) is 12.8. The highest BCUT2D eigenvalue weighted by atomic mass is 16.3. The van der Waals surface area contributed by atoms with Crippen LogP contribution in [0.1, 0.15) is 57.9 Å². The van der Waals surface area contributed by atoms with Crippen molar-refractivity contribution in [2.75, 3.05) is 7.05 Å². The molecule has 62 heavy (non-hydrogen) atoms. The lowest BCUT2D eigenvalue weighted by molar-refractivity contribution is 0.383. The number of benzene rings is 7. The maximum atomic E-state index is 6.56. The quantitative estimate of drug-likeness (QED) is 0.166. The van der Waals surface area contributed by atoms with Gasteiger partial charge in [-0.15, -0.1) is 0 Å². The van der Waals surface area contributed by atoms with Crippen LogP contribution in [0.5, 0.6) is 0 Å². The average Bonchev–Trinajstić information content (AvgIpc) is 3.74. The van der Waals surface area contributed by atoms with Crippen molar-refractivity contribution in [1.82, 2.24) is 10.2 Å². The van der Waals surface area contributed by atoms with Crippen molar-refractivity contribution < 1.29 is 4.42 Å². The number of aliphatic imine (C=N–C) groups is 3. The van der Waals surface area contributed by atoms with Crippen LogP contribution < -0.4 is 5.32 Å². The van der Waals surface area contributed by atoms with Gasteiger partial charge in [-0.3, -0.25) is 0 Å². The van der Waals surface area contributed by atoms with Crippen LogP contribution in [0.4, 0.5) is 0 Å². The number of fused-ring (bicyclic) bond motifs is 3. The van der Waals surface area contributed by atoms with Crippen molar-refractivity contribution in [1.29, 1.82) is 0 Å². The van der Waals surface area contributed by atoms with Gasteiger partial charge in [0, 0.05) is 40.4 Å². The van der Waals surface area contributed by atoms with E-state index in [1.807, 2.05) is 24.3 Å². The Kier molecular flexibility index (Phi) is 9.58. The highest BCUT2D eigenvalue weighted by molar-refractivity contribution is 6.14. The molecule has 1 aromatic heterocycles. The van der Waals surface area contributed by atoms with Crippen LogP contribution in [0.3, 0.4) is 0 Å². The normalized spacial score (nSPS) is 18.7. The summed E-state index contributed by atoms with van der Waals surface area (Å²) < 4.78 is 6.56. The number of hydrogen-bond acceptors (Lipinski definition) is 6. The molecule has 1 aliphatic carbocycles. The molecule has 6 nitrogen and oxygen atoms in total. The Hall–Kier alpha value is -7.83. The van der Waals surface area contributed by atoms with E-state index in [-0.39, 0.29) is 18.1 Å². The Balaban J connectivity index is 1.05. The third-order valence-electron chi connectivity index (χ3n) is 12.1. The molecule has 7 aromatic carbocycles. The second kappa shape index (κ2) is 16.0. The minimum atomic E-state index is -0.233. The van der Waals surface area contributed by atoms with E-state index in [9.17, 15) is 0 Å². The lowest BCUT2D eigenvalue weighted by Gasteiger charge is -2.33. The summed E-state index contributed by atoms with van der Waals surface area (Å²) >= 11 is 0. The Morgan fingerprint density at radius 3 is 2.03 bits per heavy atom. The molecule has 8 aromatic rings. The smallest absolute Gasteiger partial charge is 0.159 e. The van der Waals surface area contributed by atoms with E-state index in [4.69, 9.17) is 19.4 Å². The molecular weight excluding hydrogens is 759 g/mol. The SMILES string of the molecule is CN1C(c2ccccc2)=NC(C2=CC(c3c(-c4cccc(C5=NC(c6ccccc6)=CC(c6ccccc6)N5)c4)ccc4oc5ccccc5c34)CC=C2)=NC1c1ccccc1. The molecule has 0 saturated carbocycles. The van der Waals surface area contributed by atoms with Crippen LogP contribution in [-0.2, 0) is 0 Å². The van der Waals surface area contributed by atoms with Crippen molar-refractivity contribution in [3.63, 3.8) is 0 Å². The van der Waals surface area contributed by atoms with Gasteiger partial charge >= 0.3 is 0 Å². The summed E-state index contributed by atoms with van der Waals surface area (Å²) in [5.41, 5.74) is 12.6. The van der Waals surface area contributed by atoms with E-state index in [0.29, 0.717) is 0 Å². The second-order valence-corrected chi connectivity index (χ2v) is 16.0. The number of rotatable bonds is 8. The molecule has 2 aliphatic heterocycles. The van der Waals surface area contributed by atoms with E-state index in [2.05, 4.69) is 199 Å². The van der Waals surface area contributed by atoms with Gasteiger partial charge in [-0.05, 0) is 64.1 Å². The molecule has 0 bridgehead atoms. The maximum absolute atomic E-state index is 6.56. The largest absolute Gasteiger partial charge is 0.456 e. The van der Waals surface area contributed by atoms with Gasteiger partial charge in [0.05, 0.1) is 11.7 Å². The molecule has 0 spiro atoms. The molecule has 0 saturated heterocycles. The Labute approximate surface area is 361 Å².